The Balaban J connectivity index is 1.56. The second-order valence-electron chi connectivity index (χ2n) is 9.45. The number of carbonyl (C=O) groups excluding carboxylic acids is 3. The number of carbonyl (C=O) groups is 3. The molecule has 2 aromatic rings. The molecule has 3 saturated heterocycles. The Morgan fingerprint density at radius 1 is 1.15 bits per heavy atom. The molecule has 3 atom stereocenters. The number of fused-ring (bicyclic) bond motifs is 5. The van der Waals surface area contributed by atoms with E-state index in [1.54, 1.807) is 17.9 Å². The molecule has 1 spiro atoms. The fourth-order valence-corrected chi connectivity index (χ4v) is 6.04. The largest absolute Gasteiger partial charge is 0.372 e. The first-order chi connectivity index (χ1) is 16.3. The smallest absolute Gasteiger partial charge is 0.328 e. The molecule has 0 saturated carbocycles. The van der Waals surface area contributed by atoms with Gasteiger partial charge in [0.05, 0.1) is 29.3 Å². The average Bonchev–Trinajstić information content (AvgIpc) is 3.21. The molecule has 12 heteroatoms. The van der Waals surface area contributed by atoms with E-state index in [9.17, 15) is 14.4 Å². The third-order valence-electron chi connectivity index (χ3n) is 7.36. The maximum Gasteiger partial charge on any atom is 0.328 e. The van der Waals surface area contributed by atoms with Crippen LogP contribution in [-0.4, -0.2) is 74.0 Å². The van der Waals surface area contributed by atoms with Gasteiger partial charge in [0.25, 0.3) is 0 Å². The Morgan fingerprint density at radius 2 is 1.85 bits per heavy atom. The average molecular weight is 472 g/mol. The van der Waals surface area contributed by atoms with Gasteiger partial charge in [-0.05, 0) is 25.5 Å². The molecule has 0 unspecified atom stereocenters. The van der Waals surface area contributed by atoms with Crippen LogP contribution in [0.3, 0.4) is 0 Å². The van der Waals surface area contributed by atoms with Gasteiger partial charge in [-0.15, -0.1) is 0 Å². The van der Waals surface area contributed by atoms with Crippen molar-refractivity contribution in [2.45, 2.75) is 38.5 Å². The van der Waals surface area contributed by atoms with Crippen LogP contribution in [-0.2, 0) is 20.7 Å². The Labute approximate surface area is 193 Å². The number of nitrogens with zero attached hydrogens (tertiary/aromatic N) is 3. The quantitative estimate of drug-likeness (QED) is 0.501. The number of barbiturate groups is 1. The lowest BCUT2D eigenvalue weighted by Crippen LogP contribution is -2.75. The monoisotopic (exact) mass is 472 g/mol. The molecule has 3 fully saturated rings. The summed E-state index contributed by atoms with van der Waals surface area (Å²) in [7, 11) is 0. The van der Waals surface area contributed by atoms with Crippen molar-refractivity contribution in [2.24, 2.45) is 5.41 Å². The summed E-state index contributed by atoms with van der Waals surface area (Å²) in [6.45, 7) is 6.79. The topological polar surface area (TPSA) is 129 Å². The van der Waals surface area contributed by atoms with Crippen molar-refractivity contribution in [2.75, 3.05) is 42.5 Å². The molecule has 5 heterocycles. The first kappa shape index (κ1) is 21.3. The van der Waals surface area contributed by atoms with Crippen LogP contribution in [0.2, 0.25) is 0 Å². The van der Waals surface area contributed by atoms with E-state index in [1.165, 1.54) is 0 Å². The number of imide groups is 2. The second-order valence-corrected chi connectivity index (χ2v) is 9.45. The van der Waals surface area contributed by atoms with Crippen LogP contribution in [0.25, 0.3) is 11.0 Å². The van der Waals surface area contributed by atoms with E-state index in [4.69, 9.17) is 9.26 Å². The number of hydrogen-bond donors (Lipinski definition) is 3. The molecule has 0 radical (unpaired) electrons. The molecule has 4 aliphatic heterocycles. The maximum atomic E-state index is 16.1. The van der Waals surface area contributed by atoms with Gasteiger partial charge < -0.3 is 24.4 Å². The number of rotatable bonds is 1. The number of hydrogen-bond acceptors (Lipinski definition) is 9. The summed E-state index contributed by atoms with van der Waals surface area (Å²) in [5, 5.41) is 12.4. The molecule has 6 rings (SSSR count). The van der Waals surface area contributed by atoms with E-state index in [1.807, 2.05) is 11.8 Å². The lowest BCUT2D eigenvalue weighted by Gasteiger charge is -2.55. The van der Waals surface area contributed by atoms with E-state index in [0.717, 1.165) is 13.1 Å². The van der Waals surface area contributed by atoms with Crippen molar-refractivity contribution in [1.29, 1.82) is 0 Å². The highest BCUT2D eigenvalue weighted by Crippen LogP contribution is 2.49. The lowest BCUT2D eigenvalue weighted by atomic mass is 9.66. The fourth-order valence-electron chi connectivity index (χ4n) is 6.04. The van der Waals surface area contributed by atoms with E-state index in [0.29, 0.717) is 29.9 Å². The van der Waals surface area contributed by atoms with Crippen molar-refractivity contribution in [3.05, 3.63) is 17.4 Å². The summed E-state index contributed by atoms with van der Waals surface area (Å²) in [4.78, 5) is 42.2. The van der Waals surface area contributed by atoms with Gasteiger partial charge in [0, 0.05) is 39.1 Å². The van der Waals surface area contributed by atoms with Crippen LogP contribution in [0.15, 0.2) is 10.6 Å². The zero-order valence-electron chi connectivity index (χ0n) is 18.8. The van der Waals surface area contributed by atoms with E-state index in [2.05, 4.69) is 21.1 Å². The molecular formula is C22H25FN6O5. The summed E-state index contributed by atoms with van der Waals surface area (Å²) in [5.41, 5.74) is -0.846. The molecule has 1 aromatic heterocycles. The number of nitrogens with one attached hydrogen (secondary N) is 3. The van der Waals surface area contributed by atoms with Gasteiger partial charge in [0.1, 0.15) is 0 Å². The minimum absolute atomic E-state index is 0.0431. The van der Waals surface area contributed by atoms with Crippen molar-refractivity contribution >= 4 is 40.3 Å². The standard InChI is InChI=1S/C22H25FN6O5/c1-10-9-29-15-12(7-13-16(14(15)23)34-27-18(13)28-5-3-24-4-6-28)8-22(17(29)11(2)33-10)19(30)25-21(32)26-20(22)31/h7,10-11,17,24H,3-6,8-9H2,1-2H3,(H2,25,26,30,31,32)/t10-,11+,17-/m0/s1. The normalized spacial score (nSPS) is 28.6. The Hall–Kier alpha value is -3.25. The molecule has 4 amide bonds. The molecule has 11 nitrogen and oxygen atoms in total. The zero-order valence-corrected chi connectivity index (χ0v) is 18.8. The minimum atomic E-state index is -1.66. The first-order valence-corrected chi connectivity index (χ1v) is 11.5. The fraction of sp³-hybridized carbons (Fsp3) is 0.545. The number of piperazine rings is 1. The summed E-state index contributed by atoms with van der Waals surface area (Å²) >= 11 is 0. The van der Waals surface area contributed by atoms with E-state index < -0.39 is 41.2 Å². The number of benzene rings is 1. The van der Waals surface area contributed by atoms with Crippen LogP contribution in [0.4, 0.5) is 20.7 Å². The van der Waals surface area contributed by atoms with Crippen molar-refractivity contribution in [3.8, 4) is 0 Å². The molecule has 0 bridgehead atoms. The van der Waals surface area contributed by atoms with Crippen LogP contribution >= 0.6 is 0 Å². The van der Waals surface area contributed by atoms with Crippen molar-refractivity contribution in [3.63, 3.8) is 0 Å². The Kier molecular flexibility index (Phi) is 4.62. The highest BCUT2D eigenvalue weighted by atomic mass is 19.1. The molecule has 34 heavy (non-hydrogen) atoms. The van der Waals surface area contributed by atoms with Crippen molar-refractivity contribution in [1.82, 2.24) is 21.1 Å². The number of morpholine rings is 1. The molecular weight excluding hydrogens is 447 g/mol. The van der Waals surface area contributed by atoms with Gasteiger partial charge in [0.2, 0.25) is 17.4 Å². The van der Waals surface area contributed by atoms with Gasteiger partial charge in [-0.25, -0.2) is 9.18 Å². The third-order valence-corrected chi connectivity index (χ3v) is 7.36. The summed E-state index contributed by atoms with van der Waals surface area (Å²) in [5.74, 6) is -1.46. The van der Waals surface area contributed by atoms with Crippen LogP contribution in [0, 0.1) is 11.2 Å². The van der Waals surface area contributed by atoms with Crippen LogP contribution < -0.4 is 25.8 Å². The van der Waals surface area contributed by atoms with Gasteiger partial charge >= 0.3 is 6.03 Å². The Morgan fingerprint density at radius 3 is 2.56 bits per heavy atom. The number of urea groups is 1. The highest BCUT2D eigenvalue weighted by Gasteiger charge is 2.63. The van der Waals surface area contributed by atoms with Gasteiger partial charge in [0.15, 0.2) is 17.1 Å². The number of aromatic nitrogens is 1. The van der Waals surface area contributed by atoms with Crippen LogP contribution in [0.5, 0.6) is 0 Å². The molecule has 4 aliphatic rings. The third kappa shape index (κ3) is 2.81. The minimum Gasteiger partial charge on any atom is -0.372 e. The second kappa shape index (κ2) is 7.37. The molecule has 1 aromatic carbocycles. The highest BCUT2D eigenvalue weighted by molar-refractivity contribution is 6.20. The summed E-state index contributed by atoms with van der Waals surface area (Å²) in [6, 6.07) is 0.0886. The van der Waals surface area contributed by atoms with Gasteiger partial charge in [-0.1, -0.05) is 5.16 Å². The maximum absolute atomic E-state index is 16.1. The lowest BCUT2D eigenvalue weighted by molar-refractivity contribution is -0.153. The summed E-state index contributed by atoms with van der Waals surface area (Å²) < 4.78 is 27.5. The molecule has 3 N–H and O–H groups in total. The molecule has 180 valence electrons. The van der Waals surface area contributed by atoms with Crippen LogP contribution in [0.1, 0.15) is 19.4 Å². The zero-order chi connectivity index (χ0) is 23.8. The summed E-state index contributed by atoms with van der Waals surface area (Å²) in [6.07, 6.45) is -0.940. The first-order valence-electron chi connectivity index (χ1n) is 11.5. The van der Waals surface area contributed by atoms with Gasteiger partial charge in [-0.3, -0.25) is 20.2 Å². The number of amides is 4. The van der Waals surface area contributed by atoms with Gasteiger partial charge in [-0.2, -0.15) is 0 Å². The van der Waals surface area contributed by atoms with E-state index in [-0.39, 0.29) is 30.3 Å². The van der Waals surface area contributed by atoms with E-state index >= 15 is 4.39 Å². The van der Waals surface area contributed by atoms with Crippen molar-refractivity contribution < 1.29 is 28.0 Å². The number of halogens is 1. The Bertz CT molecular complexity index is 1200. The predicted molar refractivity (Wildman–Crippen MR) is 118 cm³/mol. The SMILES string of the molecule is C[C@H]1CN2c3c(cc4c(N5CCNCC5)noc4c3F)CC3(C(=O)NC(=O)NC3=O)[C@@H]2[C@@H](C)O1. The number of anilines is 2. The predicted octanol–water partition coefficient (Wildman–Crippen LogP) is 0.267. The molecule has 0 aliphatic carbocycles. The number of ether oxygens (including phenoxy) is 1.